The average Bonchev–Trinajstić information content (AvgIpc) is 2.65. The minimum absolute atomic E-state index is 0.216. The summed E-state index contributed by atoms with van der Waals surface area (Å²) in [5, 5.41) is 11.7. The van der Waals surface area contributed by atoms with Gasteiger partial charge in [-0.1, -0.05) is 24.3 Å². The molecule has 4 nitrogen and oxygen atoms in total. The predicted molar refractivity (Wildman–Crippen MR) is 98.2 cm³/mol. The zero-order chi connectivity index (χ0) is 22.7. The van der Waals surface area contributed by atoms with Crippen molar-refractivity contribution in [3.05, 3.63) is 59.7 Å². The van der Waals surface area contributed by atoms with Crippen LogP contribution >= 0.6 is 0 Å². The molecule has 0 aromatic heterocycles. The van der Waals surface area contributed by atoms with Gasteiger partial charge in [-0.2, -0.15) is 26.3 Å². The summed E-state index contributed by atoms with van der Waals surface area (Å²) in [6.45, 7) is 1.74. The van der Waals surface area contributed by atoms with E-state index in [0.29, 0.717) is 28.3 Å². The standard InChI is InChI=1S/C19H17F6NO3S/c1-2-30(29)15-8-6-12(7-9-15)10-16(27)26-14-5-3-4-13(11-14)17(28,18(20,21)22)19(23,24)25/h3-9,11,28H,2,10H2,1H3,(H,26,27). The van der Waals surface area contributed by atoms with Gasteiger partial charge in [0, 0.05) is 11.3 Å². The fraction of sp³-hybridized carbons (Fsp3) is 0.316. The maximum Gasteiger partial charge on any atom is 0.430 e. The lowest BCUT2D eigenvalue weighted by Crippen LogP contribution is -2.53. The molecule has 2 aromatic rings. The number of amides is 1. The first-order valence-electron chi connectivity index (χ1n) is 8.53. The minimum Gasteiger partial charge on any atom is -0.611 e. The van der Waals surface area contributed by atoms with Crippen LogP contribution in [0.3, 0.4) is 0 Å². The Bertz CT molecular complexity index is 869. The van der Waals surface area contributed by atoms with E-state index in [2.05, 4.69) is 5.32 Å². The number of carbonyl (C=O) groups excluding carboxylic acids is 1. The third-order valence-corrected chi connectivity index (χ3v) is 5.52. The first-order valence-corrected chi connectivity index (χ1v) is 9.85. The van der Waals surface area contributed by atoms with Crippen molar-refractivity contribution in [1.82, 2.24) is 0 Å². The highest BCUT2D eigenvalue weighted by Gasteiger charge is 2.71. The number of rotatable bonds is 6. The number of nitrogens with one attached hydrogen (secondary N) is 1. The van der Waals surface area contributed by atoms with E-state index in [4.69, 9.17) is 0 Å². The average molecular weight is 453 g/mol. The molecule has 2 N–H and O–H groups in total. The Balaban J connectivity index is 2.19. The van der Waals surface area contributed by atoms with Crippen molar-refractivity contribution in [3.63, 3.8) is 0 Å². The van der Waals surface area contributed by atoms with E-state index in [9.17, 15) is 40.8 Å². The minimum atomic E-state index is -6.02. The first kappa shape index (κ1) is 24.0. The van der Waals surface area contributed by atoms with Crippen LogP contribution in [-0.4, -0.2) is 33.7 Å². The van der Waals surface area contributed by atoms with Gasteiger partial charge in [-0.25, -0.2) is 0 Å². The van der Waals surface area contributed by atoms with Crippen LogP contribution in [0.2, 0.25) is 0 Å². The van der Waals surface area contributed by atoms with Gasteiger partial charge in [-0.05, 0) is 47.9 Å². The molecule has 0 heterocycles. The van der Waals surface area contributed by atoms with E-state index in [1.807, 2.05) is 0 Å². The number of aliphatic hydroxyl groups is 1. The van der Waals surface area contributed by atoms with E-state index in [1.165, 1.54) is 0 Å². The van der Waals surface area contributed by atoms with Gasteiger partial charge in [0.05, 0.1) is 6.42 Å². The molecule has 164 valence electrons. The summed E-state index contributed by atoms with van der Waals surface area (Å²) in [6, 6.07) is 9.08. The lowest BCUT2D eigenvalue weighted by atomic mass is 9.92. The molecule has 0 saturated heterocycles. The second-order valence-electron chi connectivity index (χ2n) is 6.29. The summed E-state index contributed by atoms with van der Waals surface area (Å²) in [4.78, 5) is 12.7. The summed E-state index contributed by atoms with van der Waals surface area (Å²) in [6.07, 6.45) is -12.3. The summed E-state index contributed by atoms with van der Waals surface area (Å²) < 4.78 is 89.7. The highest BCUT2D eigenvalue weighted by Crippen LogP contribution is 2.50. The molecule has 0 aliphatic carbocycles. The van der Waals surface area contributed by atoms with Gasteiger partial charge in [0.15, 0.2) is 4.90 Å². The molecule has 2 rings (SSSR count). The number of alkyl halides is 6. The molecule has 0 aliphatic heterocycles. The summed E-state index contributed by atoms with van der Waals surface area (Å²) in [5.41, 5.74) is -6.38. The molecular formula is C19H17F6NO3S. The van der Waals surface area contributed by atoms with Crippen LogP contribution in [0.5, 0.6) is 0 Å². The van der Waals surface area contributed by atoms with Crippen LogP contribution in [0.25, 0.3) is 0 Å². The predicted octanol–water partition coefficient (Wildman–Crippen LogP) is 4.31. The largest absolute Gasteiger partial charge is 0.611 e. The Hall–Kier alpha value is -2.24. The molecular weight excluding hydrogens is 436 g/mol. The maximum absolute atomic E-state index is 13.0. The molecule has 1 amide bonds. The number of hydrogen-bond acceptors (Lipinski definition) is 3. The van der Waals surface area contributed by atoms with Crippen LogP contribution in [0.4, 0.5) is 32.0 Å². The molecule has 30 heavy (non-hydrogen) atoms. The van der Waals surface area contributed by atoms with Gasteiger partial charge in [0.25, 0.3) is 5.60 Å². The third-order valence-electron chi connectivity index (χ3n) is 4.20. The number of hydrogen-bond donors (Lipinski definition) is 2. The number of halogens is 6. The number of anilines is 1. The lowest BCUT2D eigenvalue weighted by Gasteiger charge is -2.32. The van der Waals surface area contributed by atoms with Gasteiger partial charge >= 0.3 is 12.4 Å². The van der Waals surface area contributed by atoms with Crippen molar-refractivity contribution in [2.24, 2.45) is 0 Å². The Morgan fingerprint density at radius 1 is 1.03 bits per heavy atom. The van der Waals surface area contributed by atoms with E-state index in [0.717, 1.165) is 12.1 Å². The van der Waals surface area contributed by atoms with Gasteiger partial charge in [0.2, 0.25) is 5.91 Å². The van der Waals surface area contributed by atoms with Crippen molar-refractivity contribution in [2.75, 3.05) is 11.1 Å². The molecule has 0 spiro atoms. The second kappa shape index (κ2) is 8.86. The molecule has 0 fully saturated rings. The SMILES string of the molecule is CC[S+]([O-])c1ccc(CC(=O)Nc2cccc(C(O)(C(F)(F)F)C(F)(F)F)c2)cc1. The van der Waals surface area contributed by atoms with Crippen molar-refractivity contribution < 1.29 is 40.8 Å². The molecule has 0 aliphatic rings. The zero-order valence-corrected chi connectivity index (χ0v) is 16.3. The lowest BCUT2D eigenvalue weighted by molar-refractivity contribution is -0.376. The molecule has 0 saturated carbocycles. The van der Waals surface area contributed by atoms with Crippen LogP contribution < -0.4 is 5.32 Å². The fourth-order valence-electron chi connectivity index (χ4n) is 2.63. The second-order valence-corrected chi connectivity index (χ2v) is 8.03. The molecule has 2 aromatic carbocycles. The van der Waals surface area contributed by atoms with Crippen LogP contribution in [0.15, 0.2) is 53.4 Å². The van der Waals surface area contributed by atoms with Crippen molar-refractivity contribution in [3.8, 4) is 0 Å². The first-order chi connectivity index (χ1) is 13.8. The van der Waals surface area contributed by atoms with Gasteiger partial charge < -0.3 is 15.0 Å². The quantitative estimate of drug-likeness (QED) is 0.506. The highest BCUT2D eigenvalue weighted by molar-refractivity contribution is 7.91. The Labute approximate surface area is 171 Å². The van der Waals surface area contributed by atoms with Gasteiger partial charge in [-0.3, -0.25) is 4.79 Å². The normalized spacial score (nSPS) is 13.8. The smallest absolute Gasteiger partial charge is 0.430 e. The van der Waals surface area contributed by atoms with Crippen molar-refractivity contribution in [2.45, 2.75) is 36.2 Å². The van der Waals surface area contributed by atoms with Gasteiger partial charge in [0.1, 0.15) is 5.75 Å². The fourth-order valence-corrected chi connectivity index (χ4v) is 3.40. The monoisotopic (exact) mass is 453 g/mol. The Morgan fingerprint density at radius 3 is 2.10 bits per heavy atom. The zero-order valence-electron chi connectivity index (χ0n) is 15.5. The molecule has 0 radical (unpaired) electrons. The summed E-state index contributed by atoms with van der Waals surface area (Å²) >= 11 is -1.18. The third kappa shape index (κ3) is 5.08. The molecule has 1 unspecified atom stereocenters. The van der Waals surface area contributed by atoms with Crippen molar-refractivity contribution >= 4 is 22.8 Å². The van der Waals surface area contributed by atoms with Crippen molar-refractivity contribution in [1.29, 1.82) is 0 Å². The van der Waals surface area contributed by atoms with E-state index >= 15 is 0 Å². The van der Waals surface area contributed by atoms with Crippen LogP contribution in [0.1, 0.15) is 18.1 Å². The van der Waals surface area contributed by atoms with E-state index in [-0.39, 0.29) is 12.1 Å². The number of benzene rings is 2. The highest BCUT2D eigenvalue weighted by atomic mass is 32.2. The summed E-state index contributed by atoms with van der Waals surface area (Å²) in [5.74, 6) is -0.280. The van der Waals surface area contributed by atoms with Crippen LogP contribution in [0, 0.1) is 0 Å². The molecule has 0 bridgehead atoms. The molecule has 11 heteroatoms. The summed E-state index contributed by atoms with van der Waals surface area (Å²) in [7, 11) is 0. The van der Waals surface area contributed by atoms with Crippen LogP contribution in [-0.2, 0) is 28.0 Å². The number of carbonyl (C=O) groups is 1. The Kier molecular flexibility index (Phi) is 7.10. The van der Waals surface area contributed by atoms with E-state index < -0.39 is 40.6 Å². The topological polar surface area (TPSA) is 72.4 Å². The molecule has 1 atom stereocenters. The Morgan fingerprint density at radius 2 is 1.60 bits per heavy atom. The maximum atomic E-state index is 13.0. The van der Waals surface area contributed by atoms with E-state index in [1.54, 1.807) is 31.2 Å². The van der Waals surface area contributed by atoms with Gasteiger partial charge in [-0.15, -0.1) is 0 Å².